The summed E-state index contributed by atoms with van der Waals surface area (Å²) in [4.78, 5) is 2.84. The van der Waals surface area contributed by atoms with Crippen molar-refractivity contribution in [3.05, 3.63) is 0 Å². The molecule has 2 heteroatoms. The molecule has 0 aromatic carbocycles. The molecule has 2 nitrogen and oxygen atoms in total. The predicted molar refractivity (Wildman–Crippen MR) is 74.2 cm³/mol. The smallest absolute Gasteiger partial charge is 0.0247 e. The van der Waals surface area contributed by atoms with Crippen LogP contribution in [0.25, 0.3) is 0 Å². The maximum atomic E-state index is 3.72. The number of hydrogen-bond donors (Lipinski definition) is 1. The third-order valence-corrected chi connectivity index (χ3v) is 4.71. The van der Waals surface area contributed by atoms with Crippen LogP contribution in [0.15, 0.2) is 0 Å². The Kier molecular flexibility index (Phi) is 4.48. The molecular weight excluding hydrogens is 208 g/mol. The first-order valence-electron chi connectivity index (χ1n) is 7.66. The van der Waals surface area contributed by atoms with Crippen LogP contribution in [0.2, 0.25) is 0 Å². The van der Waals surface area contributed by atoms with E-state index in [1.54, 1.807) is 0 Å². The molecule has 2 aliphatic rings. The Balaban J connectivity index is 1.94. The monoisotopic (exact) mass is 238 g/mol. The van der Waals surface area contributed by atoms with Gasteiger partial charge in [-0.25, -0.2) is 0 Å². The van der Waals surface area contributed by atoms with E-state index in [0.717, 1.165) is 30.0 Å². The Morgan fingerprint density at radius 2 is 2.06 bits per heavy atom. The molecule has 1 aliphatic heterocycles. The van der Waals surface area contributed by atoms with Gasteiger partial charge in [-0.2, -0.15) is 0 Å². The lowest BCUT2D eigenvalue weighted by atomic mass is 9.97. The number of piperazine rings is 1. The van der Waals surface area contributed by atoms with Gasteiger partial charge in [0.15, 0.2) is 0 Å². The van der Waals surface area contributed by atoms with E-state index in [1.807, 2.05) is 0 Å². The van der Waals surface area contributed by atoms with Crippen molar-refractivity contribution >= 4 is 0 Å². The molecule has 2 fully saturated rings. The van der Waals surface area contributed by atoms with Crippen LogP contribution in [0.4, 0.5) is 0 Å². The second-order valence-corrected chi connectivity index (χ2v) is 6.37. The molecule has 1 N–H and O–H groups in total. The molecule has 1 aliphatic carbocycles. The highest BCUT2D eigenvalue weighted by Crippen LogP contribution is 2.41. The van der Waals surface area contributed by atoms with E-state index in [1.165, 1.54) is 38.8 Å². The van der Waals surface area contributed by atoms with Crippen LogP contribution in [-0.4, -0.2) is 36.1 Å². The number of rotatable bonds is 5. The second kappa shape index (κ2) is 5.71. The molecule has 1 heterocycles. The van der Waals surface area contributed by atoms with Crippen LogP contribution in [-0.2, 0) is 0 Å². The number of hydrogen-bond acceptors (Lipinski definition) is 2. The average molecular weight is 238 g/mol. The Morgan fingerprint density at radius 1 is 1.29 bits per heavy atom. The Bertz CT molecular complexity index is 239. The van der Waals surface area contributed by atoms with Gasteiger partial charge in [0.25, 0.3) is 0 Å². The molecule has 0 aromatic heterocycles. The standard InChI is InChI=1S/C15H30N2/c1-5-7-12-8-14(12)17-10-13(6-2)16-9-15(17)11(3)4/h11-16H,5-10H2,1-4H3. The van der Waals surface area contributed by atoms with Gasteiger partial charge in [0.1, 0.15) is 0 Å². The molecular formula is C15H30N2. The topological polar surface area (TPSA) is 15.3 Å². The van der Waals surface area contributed by atoms with Crippen LogP contribution in [0.1, 0.15) is 53.4 Å². The van der Waals surface area contributed by atoms with Gasteiger partial charge < -0.3 is 5.32 Å². The zero-order chi connectivity index (χ0) is 12.4. The Labute approximate surface area is 107 Å². The van der Waals surface area contributed by atoms with E-state index in [0.29, 0.717) is 0 Å². The van der Waals surface area contributed by atoms with Gasteiger partial charge >= 0.3 is 0 Å². The summed E-state index contributed by atoms with van der Waals surface area (Å²) in [7, 11) is 0. The largest absolute Gasteiger partial charge is 0.311 e. The average Bonchev–Trinajstić information content (AvgIpc) is 3.08. The quantitative estimate of drug-likeness (QED) is 0.792. The van der Waals surface area contributed by atoms with Gasteiger partial charge in [-0.3, -0.25) is 4.90 Å². The highest BCUT2D eigenvalue weighted by Gasteiger charge is 2.45. The van der Waals surface area contributed by atoms with Gasteiger partial charge in [-0.15, -0.1) is 0 Å². The summed E-state index contributed by atoms with van der Waals surface area (Å²) in [5.41, 5.74) is 0. The molecule has 0 aromatic rings. The van der Waals surface area contributed by atoms with Crippen molar-refractivity contribution < 1.29 is 0 Å². The molecule has 0 radical (unpaired) electrons. The molecule has 0 spiro atoms. The highest BCUT2D eigenvalue weighted by atomic mass is 15.3. The Hall–Kier alpha value is -0.0800. The van der Waals surface area contributed by atoms with E-state index >= 15 is 0 Å². The summed E-state index contributed by atoms with van der Waals surface area (Å²) in [6.45, 7) is 11.9. The van der Waals surface area contributed by atoms with Crippen LogP contribution >= 0.6 is 0 Å². The van der Waals surface area contributed by atoms with E-state index < -0.39 is 0 Å². The first-order valence-corrected chi connectivity index (χ1v) is 7.66. The molecule has 4 atom stereocenters. The van der Waals surface area contributed by atoms with Crippen molar-refractivity contribution in [3.8, 4) is 0 Å². The zero-order valence-corrected chi connectivity index (χ0v) is 12.1. The van der Waals surface area contributed by atoms with Gasteiger partial charge in [0, 0.05) is 31.2 Å². The molecule has 17 heavy (non-hydrogen) atoms. The third-order valence-electron chi connectivity index (χ3n) is 4.71. The summed E-state index contributed by atoms with van der Waals surface area (Å²) in [5.74, 6) is 1.79. The minimum Gasteiger partial charge on any atom is -0.311 e. The molecule has 1 saturated heterocycles. The van der Waals surface area contributed by atoms with E-state index in [4.69, 9.17) is 0 Å². The van der Waals surface area contributed by atoms with Crippen molar-refractivity contribution in [1.29, 1.82) is 0 Å². The predicted octanol–water partition coefficient (Wildman–Crippen LogP) is 2.88. The summed E-state index contributed by atoms with van der Waals surface area (Å²) >= 11 is 0. The van der Waals surface area contributed by atoms with Crippen molar-refractivity contribution in [1.82, 2.24) is 10.2 Å². The molecule has 100 valence electrons. The number of nitrogens with one attached hydrogen (secondary N) is 1. The van der Waals surface area contributed by atoms with Crippen LogP contribution < -0.4 is 5.32 Å². The maximum Gasteiger partial charge on any atom is 0.0247 e. The van der Waals surface area contributed by atoms with Crippen molar-refractivity contribution in [2.24, 2.45) is 11.8 Å². The lowest BCUT2D eigenvalue weighted by Crippen LogP contribution is -2.59. The fourth-order valence-corrected chi connectivity index (χ4v) is 3.45. The van der Waals surface area contributed by atoms with Crippen LogP contribution in [0.5, 0.6) is 0 Å². The van der Waals surface area contributed by atoms with Gasteiger partial charge in [-0.05, 0) is 31.1 Å². The molecule has 4 unspecified atom stereocenters. The molecule has 0 bridgehead atoms. The highest BCUT2D eigenvalue weighted by molar-refractivity contribution is 5.01. The normalized spacial score (nSPS) is 38.6. The fraction of sp³-hybridized carbons (Fsp3) is 1.00. The SMILES string of the molecule is CCCC1CC1N1CC(CC)NCC1C(C)C. The third kappa shape index (κ3) is 3.03. The van der Waals surface area contributed by atoms with Gasteiger partial charge in [-0.1, -0.05) is 34.1 Å². The summed E-state index contributed by atoms with van der Waals surface area (Å²) < 4.78 is 0. The van der Waals surface area contributed by atoms with E-state index in [-0.39, 0.29) is 0 Å². The van der Waals surface area contributed by atoms with E-state index in [9.17, 15) is 0 Å². The van der Waals surface area contributed by atoms with Gasteiger partial charge in [0.05, 0.1) is 0 Å². The van der Waals surface area contributed by atoms with Crippen LogP contribution in [0, 0.1) is 11.8 Å². The van der Waals surface area contributed by atoms with Crippen molar-refractivity contribution in [2.75, 3.05) is 13.1 Å². The lowest BCUT2D eigenvalue weighted by molar-refractivity contribution is 0.0837. The maximum absolute atomic E-state index is 3.72. The molecule has 1 saturated carbocycles. The van der Waals surface area contributed by atoms with Crippen molar-refractivity contribution in [2.45, 2.75) is 71.5 Å². The Morgan fingerprint density at radius 3 is 2.65 bits per heavy atom. The minimum atomic E-state index is 0.730. The van der Waals surface area contributed by atoms with Crippen molar-refractivity contribution in [3.63, 3.8) is 0 Å². The molecule has 0 amide bonds. The first-order chi connectivity index (χ1) is 8.17. The zero-order valence-electron chi connectivity index (χ0n) is 12.1. The first kappa shape index (κ1) is 13.4. The number of nitrogens with zero attached hydrogens (tertiary/aromatic N) is 1. The minimum absolute atomic E-state index is 0.730. The summed E-state index contributed by atoms with van der Waals surface area (Å²) in [6, 6.07) is 2.41. The van der Waals surface area contributed by atoms with Crippen LogP contribution in [0.3, 0.4) is 0 Å². The molecule has 2 rings (SSSR count). The summed E-state index contributed by atoms with van der Waals surface area (Å²) in [5, 5.41) is 3.72. The summed E-state index contributed by atoms with van der Waals surface area (Å²) in [6.07, 6.45) is 5.53. The fourth-order valence-electron chi connectivity index (χ4n) is 3.45. The lowest BCUT2D eigenvalue weighted by Gasteiger charge is -2.43. The second-order valence-electron chi connectivity index (χ2n) is 6.37. The van der Waals surface area contributed by atoms with Gasteiger partial charge in [0.2, 0.25) is 0 Å². The van der Waals surface area contributed by atoms with E-state index in [2.05, 4.69) is 37.9 Å².